The Morgan fingerprint density at radius 1 is 0.778 bits per heavy atom. The first-order valence-corrected chi connectivity index (χ1v) is 25.8. The molecule has 81 heavy (non-hydrogen) atoms. The van der Waals surface area contributed by atoms with Gasteiger partial charge in [0.15, 0.2) is 0 Å². The first-order valence-electron chi connectivity index (χ1n) is 25.8. The van der Waals surface area contributed by atoms with Crippen LogP contribution in [0, 0.1) is 40.2 Å². The fourth-order valence-corrected chi connectivity index (χ4v) is 9.93. The number of amides is 4. The molecular weight excluding hydrogens is 1090 g/mol. The molecule has 8 rings (SSSR count). The lowest BCUT2D eigenvalue weighted by molar-refractivity contribution is -0.222. The maximum Gasteiger partial charge on any atom is 0.405 e. The molecule has 6 atom stereocenters. The number of carbonyl (C=O) groups excluding carboxylic acids is 3. The molecule has 2 bridgehead atoms. The topological polar surface area (TPSA) is 219 Å². The number of aromatic nitrogens is 4. The van der Waals surface area contributed by atoms with E-state index in [-0.39, 0.29) is 21.5 Å². The van der Waals surface area contributed by atoms with E-state index in [1.165, 1.54) is 24.3 Å². The second kappa shape index (κ2) is 23.8. The Morgan fingerprint density at radius 2 is 1.35 bits per heavy atom. The third kappa shape index (κ3) is 13.8. The third-order valence-electron chi connectivity index (χ3n) is 15.3. The smallest absolute Gasteiger partial charge is 0.405 e. The van der Waals surface area contributed by atoms with Gasteiger partial charge in [0.1, 0.15) is 23.7 Å². The summed E-state index contributed by atoms with van der Waals surface area (Å²) in [6.07, 6.45) is -8.35. The van der Waals surface area contributed by atoms with E-state index >= 15 is 8.78 Å². The van der Waals surface area contributed by atoms with Crippen LogP contribution in [-0.2, 0) is 32.1 Å². The Morgan fingerprint density at radius 3 is 1.85 bits per heavy atom. The van der Waals surface area contributed by atoms with Crippen molar-refractivity contribution in [2.24, 2.45) is 16.7 Å². The van der Waals surface area contributed by atoms with E-state index < -0.39 is 120 Å². The van der Waals surface area contributed by atoms with Crippen LogP contribution in [0.25, 0.3) is 11.3 Å². The predicted molar refractivity (Wildman–Crippen MR) is 268 cm³/mol. The fraction of sp³-hybridized carbons (Fsp3) is 0.528. The highest BCUT2D eigenvalue weighted by Crippen LogP contribution is 2.43. The number of benzene rings is 2. The molecule has 4 aliphatic rings. The van der Waals surface area contributed by atoms with Crippen LogP contribution in [0.3, 0.4) is 0 Å². The number of nitrogens with one attached hydrogen (secondary N) is 4. The van der Waals surface area contributed by atoms with Crippen LogP contribution >= 0.6 is 0 Å². The molecule has 6 N–H and O–H groups in total. The van der Waals surface area contributed by atoms with Crippen molar-refractivity contribution in [1.29, 1.82) is 0 Å². The molecule has 2 aromatic heterocycles. The first kappa shape index (κ1) is 60.0. The molecule has 438 valence electrons. The number of hydrazine groups is 1. The summed E-state index contributed by atoms with van der Waals surface area (Å²) >= 11 is 0. The summed E-state index contributed by atoms with van der Waals surface area (Å²) in [5.74, 6) is -1.19. The van der Waals surface area contributed by atoms with E-state index in [1.54, 1.807) is 17.7 Å². The molecule has 0 radical (unpaired) electrons. The number of aliphatic hydroxyl groups is 1. The number of rotatable bonds is 20. The van der Waals surface area contributed by atoms with Crippen molar-refractivity contribution in [3.8, 4) is 23.1 Å². The van der Waals surface area contributed by atoms with Gasteiger partial charge in [-0.25, -0.2) is 33.2 Å². The van der Waals surface area contributed by atoms with Crippen LogP contribution in [-0.4, -0.2) is 151 Å². The maximum absolute atomic E-state index is 16.1. The van der Waals surface area contributed by atoms with Gasteiger partial charge < -0.3 is 35.8 Å². The van der Waals surface area contributed by atoms with Gasteiger partial charge >= 0.3 is 25.0 Å². The Kier molecular flexibility index (Phi) is 17.6. The summed E-state index contributed by atoms with van der Waals surface area (Å²) in [6, 6.07) is 2.71. The molecule has 18 nitrogen and oxygen atoms in total. The van der Waals surface area contributed by atoms with Crippen molar-refractivity contribution >= 4 is 29.8 Å². The van der Waals surface area contributed by atoms with Gasteiger partial charge in [-0.1, -0.05) is 24.0 Å². The molecule has 4 fully saturated rings. The number of piperazine rings is 1. The zero-order valence-corrected chi connectivity index (χ0v) is 44.1. The van der Waals surface area contributed by atoms with Crippen molar-refractivity contribution in [2.75, 3.05) is 37.7 Å². The molecule has 1 aliphatic carbocycles. The van der Waals surface area contributed by atoms with Gasteiger partial charge in [-0.3, -0.25) is 24.7 Å². The van der Waals surface area contributed by atoms with Gasteiger partial charge in [-0.2, -0.15) is 40.2 Å². The van der Waals surface area contributed by atoms with Crippen LogP contribution < -0.4 is 26.3 Å². The molecule has 2 aromatic carbocycles. The highest BCUT2D eigenvalue weighted by Gasteiger charge is 2.57. The minimum Gasteiger partial charge on any atom is -0.465 e. The predicted octanol–water partition coefficient (Wildman–Crippen LogP) is 6.09. The number of carbonyl (C=O) groups is 4. The first-order chi connectivity index (χ1) is 38.0. The average molecular weight is 1150 g/mol. The van der Waals surface area contributed by atoms with E-state index in [1.807, 2.05) is 0 Å². The lowest BCUT2D eigenvalue weighted by atomic mass is 9.82. The zero-order chi connectivity index (χ0) is 58.9. The number of hydrogen-bond donors (Lipinski definition) is 6. The van der Waals surface area contributed by atoms with E-state index in [4.69, 9.17) is 4.74 Å². The monoisotopic (exact) mass is 1150 g/mol. The van der Waals surface area contributed by atoms with E-state index in [2.05, 4.69) is 52.8 Å². The molecule has 3 unspecified atom stereocenters. The third-order valence-corrected chi connectivity index (χ3v) is 15.3. The summed E-state index contributed by atoms with van der Waals surface area (Å²) in [5.41, 5.74) is -4.48. The van der Waals surface area contributed by atoms with Crippen molar-refractivity contribution < 1.29 is 78.0 Å². The lowest BCUT2D eigenvalue weighted by Gasteiger charge is -2.47. The molecular formula is C53H59F10N11O7. The SMILES string of the molecule is CC(C)(C(NC(=O)C1CC1)C(=O)NN(Cc1c(F)cc(-c2ccn(C(F)F)n2)cc1F)C[C@H](O)[C@H](Cc1ccc(C#Cc2cnc(N3CC4CCC(C3)N4C3COC3)nc2)cc1)NC(=O)[C@@H](NC(=O)O)C(C)(C)C(F)(F)F)C(F)(F)F. The number of carboxylic acid groups (broad SMARTS) is 1. The van der Waals surface area contributed by atoms with Gasteiger partial charge in [0.05, 0.1) is 53.5 Å². The van der Waals surface area contributed by atoms with Crippen LogP contribution in [0.2, 0.25) is 0 Å². The summed E-state index contributed by atoms with van der Waals surface area (Å²) in [6.45, 7) is -0.0729. The number of ether oxygens (including phenoxy) is 1. The molecule has 1 saturated carbocycles. The lowest BCUT2D eigenvalue weighted by Crippen LogP contribution is -2.63. The fourth-order valence-electron chi connectivity index (χ4n) is 9.93. The molecule has 3 aliphatic heterocycles. The quantitative estimate of drug-likeness (QED) is 0.0336. The number of anilines is 1. The van der Waals surface area contributed by atoms with Gasteiger partial charge in [0.25, 0.3) is 5.91 Å². The standard InChI is InChI=1S/C53H59F10N11O7/c1-50(2,52(58,59)60)42(68-49(79)80)45(77)66-40(17-29-8-5-28(6-9-29)7-10-30-20-64-48(65-21-30)71-22-33-13-14-34(23-71)74(33)35-26-81-27-35)41(75)25-72(70-46(78)43(51(3,4)53(61,62)63)67-44(76)31-11-12-31)24-36-37(54)18-32(19-38(36)55)39-15-16-73(69-39)47(56)57/h5-6,8-9,15-16,18-21,31,33-35,40-43,47,68,75H,11-14,17,22-27H2,1-4H3,(H,66,77)(H,67,76)(H,70,78)(H,79,80)/t33?,34?,40-,41-,42+,43?/m0/s1. The van der Waals surface area contributed by atoms with E-state index in [9.17, 15) is 64.5 Å². The Hall–Kier alpha value is -7.09. The molecule has 3 saturated heterocycles. The summed E-state index contributed by atoms with van der Waals surface area (Å²) in [5, 5.41) is 31.6. The summed E-state index contributed by atoms with van der Waals surface area (Å²) in [4.78, 5) is 66.7. The average Bonchev–Trinajstić information content (AvgIpc) is 4.30. The second-order valence-corrected chi connectivity index (χ2v) is 21.8. The number of alkyl halides is 8. The van der Waals surface area contributed by atoms with Crippen LogP contribution in [0.15, 0.2) is 61.1 Å². The highest BCUT2D eigenvalue weighted by atomic mass is 19.4. The van der Waals surface area contributed by atoms with E-state index in [0.29, 0.717) is 92.9 Å². The van der Waals surface area contributed by atoms with Crippen molar-refractivity contribution in [1.82, 2.24) is 51.0 Å². The molecule has 0 spiro atoms. The number of hydrogen-bond acceptors (Lipinski definition) is 12. The zero-order valence-electron chi connectivity index (χ0n) is 44.1. The highest BCUT2D eigenvalue weighted by molar-refractivity contribution is 5.90. The van der Waals surface area contributed by atoms with Crippen molar-refractivity contribution in [3.63, 3.8) is 0 Å². The second-order valence-electron chi connectivity index (χ2n) is 21.8. The number of nitrogens with zero attached hydrogens (tertiary/aromatic N) is 7. The Balaban J connectivity index is 1.07. The summed E-state index contributed by atoms with van der Waals surface area (Å²) in [7, 11) is 0. The van der Waals surface area contributed by atoms with Gasteiger partial charge in [-0.15, -0.1) is 0 Å². The number of halogens is 10. The minimum atomic E-state index is -5.22. The van der Waals surface area contributed by atoms with Crippen molar-refractivity contribution in [2.45, 2.75) is 128 Å². The van der Waals surface area contributed by atoms with Crippen LogP contribution in [0.4, 0.5) is 54.6 Å². The number of fused-ring (bicyclic) bond motifs is 2. The van der Waals surface area contributed by atoms with Gasteiger partial charge in [-0.05, 0) is 95.7 Å². The molecule has 5 heterocycles. The maximum atomic E-state index is 16.1. The molecule has 28 heteroatoms. The van der Waals surface area contributed by atoms with Gasteiger partial charge in [0.2, 0.25) is 17.8 Å². The molecule has 4 amide bonds. The summed E-state index contributed by atoms with van der Waals surface area (Å²) < 4.78 is 152. The minimum absolute atomic E-state index is 0.203. The van der Waals surface area contributed by atoms with Crippen molar-refractivity contribution in [3.05, 3.63) is 94.9 Å². The number of aliphatic hydroxyl groups excluding tert-OH is 1. The van der Waals surface area contributed by atoms with Gasteiger partial charge in [0, 0.05) is 79.5 Å². The largest absolute Gasteiger partial charge is 0.465 e. The van der Waals surface area contributed by atoms with E-state index in [0.717, 1.165) is 51.4 Å². The Bertz CT molecular complexity index is 2960. The normalized spacial score (nSPS) is 19.5. The van der Waals surface area contributed by atoms with Crippen LogP contribution in [0.1, 0.15) is 82.2 Å². The Labute approximate surface area is 457 Å². The van der Waals surface area contributed by atoms with Crippen LogP contribution in [0.5, 0.6) is 0 Å². The molecule has 4 aromatic rings.